The Morgan fingerprint density at radius 1 is 1.39 bits per heavy atom. The number of fused-ring (bicyclic) bond motifs is 1. The number of hydrogen-bond acceptors (Lipinski definition) is 5. The average molecular weight is 249 g/mol. The standard InChI is InChI=1S/C12H19N5O/c1-4-8(5-18)11-15-10(13)9-12(16-11)17(6-14-9)7(2)3/h6-8,18H,4-5H2,1-3H3,(H2,13,15,16). The molecule has 3 N–H and O–H groups in total. The van der Waals surface area contributed by atoms with Gasteiger partial charge in [-0.3, -0.25) is 0 Å². The van der Waals surface area contributed by atoms with Gasteiger partial charge in [-0.25, -0.2) is 15.0 Å². The summed E-state index contributed by atoms with van der Waals surface area (Å²) in [6.45, 7) is 6.13. The minimum atomic E-state index is -0.0767. The summed E-state index contributed by atoms with van der Waals surface area (Å²) in [6, 6.07) is 0.256. The molecule has 98 valence electrons. The maximum Gasteiger partial charge on any atom is 0.166 e. The van der Waals surface area contributed by atoms with E-state index in [4.69, 9.17) is 5.73 Å². The number of rotatable bonds is 4. The van der Waals surface area contributed by atoms with E-state index >= 15 is 0 Å². The molecule has 6 nitrogen and oxygen atoms in total. The van der Waals surface area contributed by atoms with Crippen LogP contribution in [0.4, 0.5) is 5.82 Å². The van der Waals surface area contributed by atoms with E-state index in [0.29, 0.717) is 17.2 Å². The quantitative estimate of drug-likeness (QED) is 0.856. The summed E-state index contributed by atoms with van der Waals surface area (Å²) < 4.78 is 1.96. The molecule has 0 fully saturated rings. The molecule has 2 aromatic heterocycles. The zero-order chi connectivity index (χ0) is 13.3. The first-order chi connectivity index (χ1) is 8.58. The van der Waals surface area contributed by atoms with Crippen LogP contribution in [0.15, 0.2) is 6.33 Å². The first-order valence-corrected chi connectivity index (χ1v) is 6.19. The Labute approximate surface area is 106 Å². The van der Waals surface area contributed by atoms with E-state index in [0.717, 1.165) is 12.1 Å². The van der Waals surface area contributed by atoms with Gasteiger partial charge in [-0.05, 0) is 20.3 Å². The van der Waals surface area contributed by atoms with Crippen molar-refractivity contribution in [3.05, 3.63) is 12.2 Å². The van der Waals surface area contributed by atoms with Crippen LogP contribution in [0.3, 0.4) is 0 Å². The van der Waals surface area contributed by atoms with Gasteiger partial charge in [0.15, 0.2) is 11.5 Å². The largest absolute Gasteiger partial charge is 0.396 e. The lowest BCUT2D eigenvalue weighted by Gasteiger charge is -2.12. The van der Waals surface area contributed by atoms with Crippen LogP contribution in [0.5, 0.6) is 0 Å². The van der Waals surface area contributed by atoms with Crippen LogP contribution in [0.2, 0.25) is 0 Å². The molecule has 0 bridgehead atoms. The molecular weight excluding hydrogens is 230 g/mol. The van der Waals surface area contributed by atoms with E-state index < -0.39 is 0 Å². The number of aliphatic hydroxyl groups excluding tert-OH is 1. The Hall–Kier alpha value is -1.69. The molecule has 0 aliphatic rings. The molecule has 0 radical (unpaired) electrons. The fourth-order valence-corrected chi connectivity index (χ4v) is 1.91. The molecule has 0 aliphatic carbocycles. The lowest BCUT2D eigenvalue weighted by Crippen LogP contribution is -2.11. The monoisotopic (exact) mass is 249 g/mol. The fourth-order valence-electron chi connectivity index (χ4n) is 1.91. The van der Waals surface area contributed by atoms with Gasteiger partial charge in [0.1, 0.15) is 11.3 Å². The molecule has 0 aliphatic heterocycles. The van der Waals surface area contributed by atoms with Crippen LogP contribution in [0, 0.1) is 0 Å². The summed E-state index contributed by atoms with van der Waals surface area (Å²) in [5.74, 6) is 0.890. The van der Waals surface area contributed by atoms with Crippen LogP contribution in [-0.4, -0.2) is 31.2 Å². The van der Waals surface area contributed by atoms with Gasteiger partial charge in [0.2, 0.25) is 0 Å². The summed E-state index contributed by atoms with van der Waals surface area (Å²) in [5.41, 5.74) is 7.27. The molecule has 2 rings (SSSR count). The van der Waals surface area contributed by atoms with Gasteiger partial charge in [-0.1, -0.05) is 6.92 Å². The third-order valence-corrected chi connectivity index (χ3v) is 3.10. The predicted octanol–water partition coefficient (Wildman–Crippen LogP) is 1.48. The van der Waals surface area contributed by atoms with Gasteiger partial charge in [0.25, 0.3) is 0 Å². The number of hydrogen-bond donors (Lipinski definition) is 2. The Bertz CT molecular complexity index is 545. The molecule has 1 unspecified atom stereocenters. The average Bonchev–Trinajstić information content (AvgIpc) is 2.75. The Morgan fingerprint density at radius 3 is 2.67 bits per heavy atom. The number of anilines is 1. The van der Waals surface area contributed by atoms with E-state index in [2.05, 4.69) is 28.8 Å². The van der Waals surface area contributed by atoms with E-state index in [-0.39, 0.29) is 18.6 Å². The fraction of sp³-hybridized carbons (Fsp3) is 0.583. The third kappa shape index (κ3) is 2.03. The van der Waals surface area contributed by atoms with Crippen molar-refractivity contribution in [3.63, 3.8) is 0 Å². The van der Waals surface area contributed by atoms with Crippen molar-refractivity contribution in [1.29, 1.82) is 0 Å². The second-order valence-electron chi connectivity index (χ2n) is 4.67. The van der Waals surface area contributed by atoms with E-state index in [1.165, 1.54) is 0 Å². The van der Waals surface area contributed by atoms with Crippen LogP contribution in [0.25, 0.3) is 11.2 Å². The summed E-state index contributed by atoms with van der Waals surface area (Å²) in [7, 11) is 0. The van der Waals surface area contributed by atoms with Crippen molar-refractivity contribution in [3.8, 4) is 0 Å². The number of nitrogens with zero attached hydrogens (tertiary/aromatic N) is 4. The van der Waals surface area contributed by atoms with Gasteiger partial charge in [0.05, 0.1) is 12.9 Å². The molecule has 0 aromatic carbocycles. The van der Waals surface area contributed by atoms with Crippen LogP contribution in [0.1, 0.15) is 45.0 Å². The highest BCUT2D eigenvalue weighted by atomic mass is 16.3. The van der Waals surface area contributed by atoms with Gasteiger partial charge >= 0.3 is 0 Å². The molecule has 1 atom stereocenters. The van der Waals surface area contributed by atoms with Crippen LogP contribution < -0.4 is 5.73 Å². The van der Waals surface area contributed by atoms with Gasteiger partial charge in [0, 0.05) is 12.0 Å². The molecule has 0 saturated carbocycles. The molecule has 2 aromatic rings. The van der Waals surface area contributed by atoms with Crippen LogP contribution in [-0.2, 0) is 0 Å². The zero-order valence-electron chi connectivity index (χ0n) is 11.0. The van der Waals surface area contributed by atoms with Gasteiger partial charge in [-0.15, -0.1) is 0 Å². The van der Waals surface area contributed by atoms with Crippen molar-refractivity contribution in [1.82, 2.24) is 19.5 Å². The van der Waals surface area contributed by atoms with Crippen molar-refractivity contribution in [2.24, 2.45) is 0 Å². The lowest BCUT2D eigenvalue weighted by molar-refractivity contribution is 0.258. The second kappa shape index (κ2) is 4.89. The first-order valence-electron chi connectivity index (χ1n) is 6.19. The highest BCUT2D eigenvalue weighted by Crippen LogP contribution is 2.23. The number of nitrogens with two attached hydrogens (primary N) is 1. The first kappa shape index (κ1) is 12.8. The highest BCUT2D eigenvalue weighted by molar-refractivity contribution is 5.81. The maximum absolute atomic E-state index is 9.33. The van der Waals surface area contributed by atoms with Gasteiger partial charge < -0.3 is 15.4 Å². The highest BCUT2D eigenvalue weighted by Gasteiger charge is 2.17. The minimum absolute atomic E-state index is 0.0251. The second-order valence-corrected chi connectivity index (χ2v) is 4.67. The van der Waals surface area contributed by atoms with Gasteiger partial charge in [-0.2, -0.15) is 0 Å². The molecule has 6 heteroatoms. The summed E-state index contributed by atoms with van der Waals surface area (Å²) in [6.07, 6.45) is 2.50. The molecule has 2 heterocycles. The number of aliphatic hydroxyl groups is 1. The SMILES string of the molecule is CCC(CO)c1nc(N)c2ncn(C(C)C)c2n1. The molecule has 18 heavy (non-hydrogen) atoms. The number of nitrogen functional groups attached to an aromatic ring is 1. The number of aromatic nitrogens is 4. The Balaban J connectivity index is 2.61. The summed E-state index contributed by atoms with van der Waals surface area (Å²) >= 11 is 0. The Kier molecular flexibility index (Phi) is 3.47. The summed E-state index contributed by atoms with van der Waals surface area (Å²) in [4.78, 5) is 13.0. The van der Waals surface area contributed by atoms with Crippen LogP contribution >= 0.6 is 0 Å². The zero-order valence-corrected chi connectivity index (χ0v) is 11.0. The topological polar surface area (TPSA) is 89.9 Å². The lowest BCUT2D eigenvalue weighted by atomic mass is 10.1. The predicted molar refractivity (Wildman–Crippen MR) is 70.2 cm³/mol. The molecule has 0 saturated heterocycles. The molecular formula is C12H19N5O. The summed E-state index contributed by atoms with van der Waals surface area (Å²) in [5, 5.41) is 9.33. The van der Waals surface area contributed by atoms with Crippen molar-refractivity contribution in [2.45, 2.75) is 39.2 Å². The minimum Gasteiger partial charge on any atom is -0.396 e. The Morgan fingerprint density at radius 2 is 2.11 bits per heavy atom. The van der Waals surface area contributed by atoms with Crippen molar-refractivity contribution >= 4 is 17.0 Å². The third-order valence-electron chi connectivity index (χ3n) is 3.10. The number of imidazole rings is 1. The maximum atomic E-state index is 9.33. The smallest absolute Gasteiger partial charge is 0.166 e. The van der Waals surface area contributed by atoms with E-state index in [1.807, 2.05) is 11.5 Å². The van der Waals surface area contributed by atoms with E-state index in [9.17, 15) is 5.11 Å². The molecule has 0 amide bonds. The normalized spacial score (nSPS) is 13.4. The molecule has 0 spiro atoms. The van der Waals surface area contributed by atoms with Crippen molar-refractivity contribution in [2.75, 3.05) is 12.3 Å². The van der Waals surface area contributed by atoms with Crippen molar-refractivity contribution < 1.29 is 5.11 Å². The van der Waals surface area contributed by atoms with E-state index in [1.54, 1.807) is 6.33 Å².